The lowest BCUT2D eigenvalue weighted by Crippen LogP contribution is -2.31. The van der Waals surface area contributed by atoms with Gasteiger partial charge in [0.2, 0.25) is 5.91 Å². The predicted octanol–water partition coefficient (Wildman–Crippen LogP) is 2.88. The molecule has 0 saturated heterocycles. The quantitative estimate of drug-likeness (QED) is 0.861. The molecule has 1 N–H and O–H groups in total. The number of amides is 2. The van der Waals surface area contributed by atoms with Gasteiger partial charge in [-0.3, -0.25) is 14.9 Å². The SMILES string of the molecule is COc1ccc(C(=O)NC(=O)CSc2ccccc2F)cc1. The molecule has 0 aliphatic rings. The molecule has 6 heteroatoms. The molecule has 0 saturated carbocycles. The fraction of sp³-hybridized carbons (Fsp3) is 0.125. The van der Waals surface area contributed by atoms with Crippen LogP contribution in [-0.2, 0) is 4.79 Å². The Morgan fingerprint density at radius 1 is 1.14 bits per heavy atom. The van der Waals surface area contributed by atoms with Gasteiger partial charge in [-0.2, -0.15) is 0 Å². The number of ether oxygens (including phenoxy) is 1. The summed E-state index contributed by atoms with van der Waals surface area (Å²) in [6, 6.07) is 12.6. The third-order valence-corrected chi connectivity index (χ3v) is 3.85. The van der Waals surface area contributed by atoms with Gasteiger partial charge in [-0.25, -0.2) is 4.39 Å². The van der Waals surface area contributed by atoms with Gasteiger partial charge < -0.3 is 4.74 Å². The molecule has 4 nitrogen and oxygen atoms in total. The lowest BCUT2D eigenvalue weighted by atomic mass is 10.2. The molecule has 2 aromatic carbocycles. The molecule has 0 unspecified atom stereocenters. The number of thioether (sulfide) groups is 1. The first-order valence-corrected chi connectivity index (χ1v) is 7.44. The van der Waals surface area contributed by atoms with Gasteiger partial charge in [-0.1, -0.05) is 12.1 Å². The average Bonchev–Trinajstić information content (AvgIpc) is 2.54. The van der Waals surface area contributed by atoms with Gasteiger partial charge in [0.15, 0.2) is 0 Å². The summed E-state index contributed by atoms with van der Waals surface area (Å²) in [6.07, 6.45) is 0. The van der Waals surface area contributed by atoms with Gasteiger partial charge >= 0.3 is 0 Å². The van der Waals surface area contributed by atoms with E-state index in [-0.39, 0.29) is 11.6 Å². The molecule has 0 aliphatic carbocycles. The van der Waals surface area contributed by atoms with Crippen LogP contribution in [0.2, 0.25) is 0 Å². The predicted molar refractivity (Wildman–Crippen MR) is 82.6 cm³/mol. The highest BCUT2D eigenvalue weighted by Crippen LogP contribution is 2.20. The normalized spacial score (nSPS) is 10.1. The highest BCUT2D eigenvalue weighted by molar-refractivity contribution is 8.00. The smallest absolute Gasteiger partial charge is 0.257 e. The molecule has 0 atom stereocenters. The van der Waals surface area contributed by atoms with Crippen LogP contribution in [0.4, 0.5) is 4.39 Å². The third-order valence-electron chi connectivity index (χ3n) is 2.80. The van der Waals surface area contributed by atoms with Crippen molar-refractivity contribution in [3.63, 3.8) is 0 Å². The molecule has 0 radical (unpaired) electrons. The Hall–Kier alpha value is -2.34. The number of carbonyl (C=O) groups excluding carboxylic acids is 2. The Morgan fingerprint density at radius 3 is 2.45 bits per heavy atom. The van der Waals surface area contributed by atoms with E-state index in [0.29, 0.717) is 16.2 Å². The monoisotopic (exact) mass is 319 g/mol. The number of rotatable bonds is 5. The average molecular weight is 319 g/mol. The van der Waals surface area contributed by atoms with Gasteiger partial charge in [0.25, 0.3) is 5.91 Å². The van der Waals surface area contributed by atoms with Crippen molar-refractivity contribution in [2.45, 2.75) is 4.90 Å². The summed E-state index contributed by atoms with van der Waals surface area (Å²) in [5, 5.41) is 2.26. The van der Waals surface area contributed by atoms with Crippen LogP contribution in [0.1, 0.15) is 10.4 Å². The van der Waals surface area contributed by atoms with Crippen molar-refractivity contribution in [3.8, 4) is 5.75 Å². The lowest BCUT2D eigenvalue weighted by Gasteiger charge is -2.06. The first-order valence-electron chi connectivity index (χ1n) is 6.45. The second kappa shape index (κ2) is 7.61. The van der Waals surface area contributed by atoms with Crippen molar-refractivity contribution in [2.24, 2.45) is 0 Å². The molecule has 0 bridgehead atoms. The molecular formula is C16H14FNO3S. The first kappa shape index (κ1) is 16.0. The summed E-state index contributed by atoms with van der Waals surface area (Å²) in [5.41, 5.74) is 0.352. The topological polar surface area (TPSA) is 55.4 Å². The maximum atomic E-state index is 13.4. The van der Waals surface area contributed by atoms with Crippen LogP contribution in [0.5, 0.6) is 5.75 Å². The zero-order valence-electron chi connectivity index (χ0n) is 11.8. The number of hydrogen-bond donors (Lipinski definition) is 1. The minimum atomic E-state index is -0.498. The van der Waals surface area contributed by atoms with Crippen LogP contribution in [0.3, 0.4) is 0 Å². The number of carbonyl (C=O) groups is 2. The summed E-state index contributed by atoms with van der Waals surface area (Å²) < 4.78 is 18.4. The van der Waals surface area contributed by atoms with Crippen molar-refractivity contribution < 1.29 is 18.7 Å². The van der Waals surface area contributed by atoms with Crippen molar-refractivity contribution in [1.29, 1.82) is 0 Å². The number of benzene rings is 2. The highest BCUT2D eigenvalue weighted by atomic mass is 32.2. The van der Waals surface area contributed by atoms with E-state index in [1.165, 1.54) is 13.2 Å². The molecule has 2 amide bonds. The number of imide groups is 1. The lowest BCUT2D eigenvalue weighted by molar-refractivity contribution is -0.117. The molecule has 114 valence electrons. The van der Waals surface area contributed by atoms with E-state index in [4.69, 9.17) is 4.74 Å². The molecular weight excluding hydrogens is 305 g/mol. The summed E-state index contributed by atoms with van der Waals surface area (Å²) in [5.74, 6) is -0.779. The summed E-state index contributed by atoms with van der Waals surface area (Å²) in [4.78, 5) is 24.0. The van der Waals surface area contributed by atoms with Crippen LogP contribution in [0, 0.1) is 5.82 Å². The molecule has 0 spiro atoms. The molecule has 2 rings (SSSR count). The van der Waals surface area contributed by atoms with Crippen molar-refractivity contribution >= 4 is 23.6 Å². The van der Waals surface area contributed by atoms with Gasteiger partial charge in [-0.05, 0) is 36.4 Å². The maximum Gasteiger partial charge on any atom is 0.257 e. The Labute approximate surface area is 131 Å². The van der Waals surface area contributed by atoms with Crippen LogP contribution in [0.25, 0.3) is 0 Å². The molecule has 0 aromatic heterocycles. The molecule has 0 heterocycles. The van der Waals surface area contributed by atoms with Crippen LogP contribution in [-0.4, -0.2) is 24.7 Å². The molecule has 22 heavy (non-hydrogen) atoms. The van der Waals surface area contributed by atoms with E-state index >= 15 is 0 Å². The van der Waals surface area contributed by atoms with Gasteiger partial charge in [0, 0.05) is 10.5 Å². The minimum Gasteiger partial charge on any atom is -0.497 e. The fourth-order valence-electron chi connectivity index (χ4n) is 1.68. The van der Waals surface area contributed by atoms with E-state index in [0.717, 1.165) is 11.8 Å². The maximum absolute atomic E-state index is 13.4. The van der Waals surface area contributed by atoms with E-state index in [1.54, 1.807) is 42.5 Å². The largest absolute Gasteiger partial charge is 0.497 e. The number of hydrogen-bond acceptors (Lipinski definition) is 4. The van der Waals surface area contributed by atoms with E-state index < -0.39 is 11.8 Å². The van der Waals surface area contributed by atoms with Gasteiger partial charge in [0.1, 0.15) is 11.6 Å². The highest BCUT2D eigenvalue weighted by Gasteiger charge is 2.11. The number of halogens is 1. The molecule has 0 aliphatic heterocycles. The van der Waals surface area contributed by atoms with Crippen molar-refractivity contribution in [3.05, 3.63) is 59.9 Å². The second-order valence-electron chi connectivity index (χ2n) is 4.32. The number of methoxy groups -OCH3 is 1. The Morgan fingerprint density at radius 2 is 1.82 bits per heavy atom. The Balaban J connectivity index is 1.88. The van der Waals surface area contributed by atoms with E-state index in [9.17, 15) is 14.0 Å². The third kappa shape index (κ3) is 4.33. The zero-order chi connectivity index (χ0) is 15.9. The first-order chi connectivity index (χ1) is 10.6. The fourth-order valence-corrected chi connectivity index (χ4v) is 2.42. The molecule has 2 aromatic rings. The van der Waals surface area contributed by atoms with Crippen LogP contribution < -0.4 is 10.1 Å². The van der Waals surface area contributed by atoms with Gasteiger partial charge in [-0.15, -0.1) is 11.8 Å². The van der Waals surface area contributed by atoms with E-state index in [2.05, 4.69) is 5.32 Å². The van der Waals surface area contributed by atoms with E-state index in [1.807, 2.05) is 0 Å². The van der Waals surface area contributed by atoms with Crippen molar-refractivity contribution in [1.82, 2.24) is 5.32 Å². The van der Waals surface area contributed by atoms with Crippen molar-refractivity contribution in [2.75, 3.05) is 12.9 Å². The summed E-state index contributed by atoms with van der Waals surface area (Å²) in [6.45, 7) is 0. The van der Waals surface area contributed by atoms with Crippen LogP contribution in [0.15, 0.2) is 53.4 Å². The zero-order valence-corrected chi connectivity index (χ0v) is 12.7. The van der Waals surface area contributed by atoms with Gasteiger partial charge in [0.05, 0.1) is 12.9 Å². The minimum absolute atomic E-state index is 0.0389. The second-order valence-corrected chi connectivity index (χ2v) is 5.34. The summed E-state index contributed by atoms with van der Waals surface area (Å²) in [7, 11) is 1.53. The Kier molecular flexibility index (Phi) is 5.55. The summed E-state index contributed by atoms with van der Waals surface area (Å²) >= 11 is 1.04. The Bertz CT molecular complexity index is 673. The standard InChI is InChI=1S/C16H14FNO3S/c1-21-12-8-6-11(7-9-12)16(20)18-15(19)10-22-14-5-3-2-4-13(14)17/h2-9H,10H2,1H3,(H,18,19,20). The van der Waals surface area contributed by atoms with Crippen LogP contribution >= 0.6 is 11.8 Å². The number of nitrogens with one attached hydrogen (secondary N) is 1. The molecule has 0 fully saturated rings.